The summed E-state index contributed by atoms with van der Waals surface area (Å²) in [5.74, 6) is -0.768. The second-order valence-corrected chi connectivity index (χ2v) is 3.51. The van der Waals surface area contributed by atoms with Gasteiger partial charge in [-0.1, -0.05) is 24.3 Å². The number of aromatic nitrogens is 1. The van der Waals surface area contributed by atoms with Crippen molar-refractivity contribution < 1.29 is 9.18 Å². The molecule has 2 rings (SSSR count). The lowest BCUT2D eigenvalue weighted by atomic mass is 10.2. The van der Waals surface area contributed by atoms with Crippen LogP contribution < -0.4 is 5.32 Å². The normalized spacial score (nSPS) is 10.2. The van der Waals surface area contributed by atoms with E-state index in [2.05, 4.69) is 16.9 Å². The topological polar surface area (TPSA) is 42.0 Å². The molecular formula is C13H11FN2O. The third kappa shape index (κ3) is 2.30. The summed E-state index contributed by atoms with van der Waals surface area (Å²) in [5.41, 5.74) is 0.406. The van der Waals surface area contributed by atoms with Gasteiger partial charge in [-0.25, -0.2) is 9.37 Å². The molecule has 0 unspecified atom stereocenters. The zero-order valence-electron chi connectivity index (χ0n) is 9.11. The SMILES string of the molecule is C=CCNC(=O)c1ccc2cccc(F)c2n1. The van der Waals surface area contributed by atoms with Gasteiger partial charge in [0.25, 0.3) is 5.91 Å². The highest BCUT2D eigenvalue weighted by molar-refractivity contribution is 5.94. The summed E-state index contributed by atoms with van der Waals surface area (Å²) in [6.07, 6.45) is 1.57. The maximum Gasteiger partial charge on any atom is 0.270 e. The monoisotopic (exact) mass is 230 g/mol. The minimum Gasteiger partial charge on any atom is -0.347 e. The molecule has 0 saturated heterocycles. The molecule has 0 bridgehead atoms. The predicted octanol–water partition coefficient (Wildman–Crippen LogP) is 2.29. The Hall–Kier alpha value is -2.23. The number of pyridine rings is 1. The number of halogens is 1. The van der Waals surface area contributed by atoms with Crippen LogP contribution in [0, 0.1) is 5.82 Å². The van der Waals surface area contributed by atoms with Crippen LogP contribution in [0.3, 0.4) is 0 Å². The van der Waals surface area contributed by atoms with Crippen molar-refractivity contribution in [1.82, 2.24) is 10.3 Å². The number of benzene rings is 1. The number of hydrogen-bond donors (Lipinski definition) is 1. The van der Waals surface area contributed by atoms with E-state index >= 15 is 0 Å². The summed E-state index contributed by atoms with van der Waals surface area (Å²) in [4.78, 5) is 15.6. The van der Waals surface area contributed by atoms with Gasteiger partial charge in [0, 0.05) is 11.9 Å². The summed E-state index contributed by atoms with van der Waals surface area (Å²) in [6.45, 7) is 3.85. The summed E-state index contributed by atoms with van der Waals surface area (Å²) in [6, 6.07) is 7.92. The molecule has 0 radical (unpaired) electrons. The van der Waals surface area contributed by atoms with Gasteiger partial charge in [0.2, 0.25) is 0 Å². The predicted molar refractivity (Wildman–Crippen MR) is 64.2 cm³/mol. The summed E-state index contributed by atoms with van der Waals surface area (Å²) >= 11 is 0. The minimum atomic E-state index is -0.430. The molecule has 0 atom stereocenters. The van der Waals surface area contributed by atoms with Crippen molar-refractivity contribution in [2.75, 3.05) is 6.54 Å². The van der Waals surface area contributed by atoms with Crippen LogP contribution in [0.1, 0.15) is 10.5 Å². The van der Waals surface area contributed by atoms with Gasteiger partial charge in [-0.15, -0.1) is 6.58 Å². The molecule has 1 amide bonds. The highest BCUT2D eigenvalue weighted by atomic mass is 19.1. The van der Waals surface area contributed by atoms with Crippen molar-refractivity contribution in [3.05, 3.63) is 54.5 Å². The number of hydrogen-bond acceptors (Lipinski definition) is 2. The zero-order chi connectivity index (χ0) is 12.3. The molecule has 0 aliphatic carbocycles. The molecule has 0 saturated carbocycles. The molecule has 1 aromatic carbocycles. The van der Waals surface area contributed by atoms with Crippen molar-refractivity contribution in [2.45, 2.75) is 0 Å². The van der Waals surface area contributed by atoms with E-state index in [1.807, 2.05) is 0 Å². The number of fused-ring (bicyclic) bond motifs is 1. The molecule has 0 aliphatic rings. The van der Waals surface area contributed by atoms with Gasteiger partial charge in [-0.2, -0.15) is 0 Å². The lowest BCUT2D eigenvalue weighted by Gasteiger charge is -2.03. The first kappa shape index (κ1) is 11.3. The summed E-state index contributed by atoms with van der Waals surface area (Å²) in [7, 11) is 0. The average Bonchev–Trinajstić information content (AvgIpc) is 2.36. The Balaban J connectivity index is 2.40. The van der Waals surface area contributed by atoms with Crippen LogP contribution in [0.25, 0.3) is 10.9 Å². The van der Waals surface area contributed by atoms with E-state index in [0.717, 1.165) is 0 Å². The molecule has 1 aromatic heterocycles. The lowest BCUT2D eigenvalue weighted by Crippen LogP contribution is -2.24. The smallest absolute Gasteiger partial charge is 0.270 e. The van der Waals surface area contributed by atoms with Gasteiger partial charge < -0.3 is 5.32 Å². The first-order valence-corrected chi connectivity index (χ1v) is 5.17. The number of nitrogens with one attached hydrogen (secondary N) is 1. The molecule has 4 heteroatoms. The van der Waals surface area contributed by atoms with Gasteiger partial charge in [-0.05, 0) is 12.1 Å². The molecule has 1 N–H and O–H groups in total. The molecule has 3 nitrogen and oxygen atoms in total. The first-order valence-electron chi connectivity index (χ1n) is 5.17. The number of amides is 1. The summed E-state index contributed by atoms with van der Waals surface area (Å²) in [5, 5.41) is 3.26. The second kappa shape index (κ2) is 4.74. The van der Waals surface area contributed by atoms with Crippen LogP contribution >= 0.6 is 0 Å². The molecule has 2 aromatic rings. The van der Waals surface area contributed by atoms with Crippen molar-refractivity contribution in [3.63, 3.8) is 0 Å². The Kier molecular flexibility index (Phi) is 3.14. The van der Waals surface area contributed by atoms with Crippen molar-refractivity contribution in [1.29, 1.82) is 0 Å². The lowest BCUT2D eigenvalue weighted by molar-refractivity contribution is 0.0953. The molecule has 0 aliphatic heterocycles. The van der Waals surface area contributed by atoms with E-state index in [0.29, 0.717) is 11.9 Å². The second-order valence-electron chi connectivity index (χ2n) is 3.51. The molecular weight excluding hydrogens is 219 g/mol. The minimum absolute atomic E-state index is 0.199. The molecule has 0 spiro atoms. The fraction of sp³-hybridized carbons (Fsp3) is 0.0769. The average molecular weight is 230 g/mol. The molecule has 1 heterocycles. The van der Waals surface area contributed by atoms with Crippen LogP contribution in [-0.2, 0) is 0 Å². The van der Waals surface area contributed by atoms with E-state index < -0.39 is 5.82 Å². The third-order valence-electron chi connectivity index (χ3n) is 2.31. The van der Waals surface area contributed by atoms with Crippen LogP contribution in [0.4, 0.5) is 4.39 Å². The molecule has 0 fully saturated rings. The van der Waals surface area contributed by atoms with Gasteiger partial charge in [0.1, 0.15) is 17.0 Å². The van der Waals surface area contributed by atoms with Crippen molar-refractivity contribution in [2.24, 2.45) is 0 Å². The van der Waals surface area contributed by atoms with Crippen molar-refractivity contribution in [3.8, 4) is 0 Å². The Bertz CT molecular complexity index is 581. The Morgan fingerprint density at radius 2 is 2.24 bits per heavy atom. The van der Waals surface area contributed by atoms with Gasteiger partial charge in [0.05, 0.1) is 0 Å². The summed E-state index contributed by atoms with van der Waals surface area (Å²) < 4.78 is 13.5. The van der Waals surface area contributed by atoms with E-state index in [1.165, 1.54) is 6.07 Å². The largest absolute Gasteiger partial charge is 0.347 e. The van der Waals surface area contributed by atoms with Gasteiger partial charge >= 0.3 is 0 Å². The first-order chi connectivity index (χ1) is 8.22. The standard InChI is InChI=1S/C13H11FN2O/c1-2-8-15-13(17)11-7-6-9-4-3-5-10(14)12(9)16-11/h2-7H,1,8H2,(H,15,17). The van der Waals surface area contributed by atoms with E-state index in [1.54, 1.807) is 30.3 Å². The quantitative estimate of drug-likeness (QED) is 0.822. The highest BCUT2D eigenvalue weighted by Crippen LogP contribution is 2.15. The maximum atomic E-state index is 13.5. The van der Waals surface area contributed by atoms with Crippen LogP contribution in [0.2, 0.25) is 0 Å². The number of para-hydroxylation sites is 1. The van der Waals surface area contributed by atoms with Crippen LogP contribution in [-0.4, -0.2) is 17.4 Å². The van der Waals surface area contributed by atoms with Crippen LogP contribution in [0.15, 0.2) is 43.0 Å². The van der Waals surface area contributed by atoms with E-state index in [-0.39, 0.29) is 17.1 Å². The fourth-order valence-corrected chi connectivity index (χ4v) is 1.49. The number of carbonyl (C=O) groups is 1. The Labute approximate surface area is 98.0 Å². The number of rotatable bonds is 3. The van der Waals surface area contributed by atoms with Gasteiger partial charge in [-0.3, -0.25) is 4.79 Å². The van der Waals surface area contributed by atoms with Gasteiger partial charge in [0.15, 0.2) is 0 Å². The number of nitrogens with zero attached hydrogens (tertiary/aromatic N) is 1. The zero-order valence-corrected chi connectivity index (χ0v) is 9.11. The molecule has 17 heavy (non-hydrogen) atoms. The fourth-order valence-electron chi connectivity index (χ4n) is 1.49. The number of carbonyl (C=O) groups excluding carboxylic acids is 1. The Morgan fingerprint density at radius 1 is 1.41 bits per heavy atom. The molecule has 86 valence electrons. The van der Waals surface area contributed by atoms with Crippen molar-refractivity contribution >= 4 is 16.8 Å². The maximum absolute atomic E-state index is 13.5. The van der Waals surface area contributed by atoms with E-state index in [9.17, 15) is 9.18 Å². The Morgan fingerprint density at radius 3 is 3.00 bits per heavy atom. The van der Waals surface area contributed by atoms with Crippen LogP contribution in [0.5, 0.6) is 0 Å². The van der Waals surface area contributed by atoms with E-state index in [4.69, 9.17) is 0 Å². The third-order valence-corrected chi connectivity index (χ3v) is 2.31. The highest BCUT2D eigenvalue weighted by Gasteiger charge is 2.08.